The van der Waals surface area contributed by atoms with Crippen molar-refractivity contribution in [1.29, 1.82) is 0 Å². The second-order valence-electron chi connectivity index (χ2n) is 15.9. The predicted molar refractivity (Wildman–Crippen MR) is 230 cm³/mol. The normalized spacial score (nSPS) is 13.4. The minimum Gasteiger partial charge on any atom is -0.453 e. The summed E-state index contributed by atoms with van der Waals surface area (Å²) in [5.41, 5.74) is 10.9. The molecular weight excluding hydrogens is 734 g/mol. The van der Waals surface area contributed by atoms with Crippen molar-refractivity contribution in [2.45, 2.75) is 69.2 Å². The van der Waals surface area contributed by atoms with Crippen LogP contribution in [0.1, 0.15) is 55.6 Å². The molecule has 0 N–H and O–H groups in total. The molecule has 0 spiro atoms. The Morgan fingerprint density at radius 1 is 0.375 bits per heavy atom. The zero-order valence-electron chi connectivity index (χ0n) is 33.8. The topological polar surface area (TPSA) is 71.1 Å². The van der Waals surface area contributed by atoms with Crippen LogP contribution >= 0.6 is 14.3 Å². The van der Waals surface area contributed by atoms with Crippen molar-refractivity contribution in [3.63, 3.8) is 0 Å². The lowest BCUT2D eigenvalue weighted by atomic mass is 9.98. The number of benzene rings is 6. The summed E-state index contributed by atoms with van der Waals surface area (Å²) in [6.07, 6.45) is 0. The molecule has 0 aromatic heterocycles. The lowest BCUT2D eigenvalue weighted by molar-refractivity contribution is 0.172. The molecule has 6 nitrogen and oxygen atoms in total. The highest BCUT2D eigenvalue weighted by molar-refractivity contribution is 7.86. The van der Waals surface area contributed by atoms with Crippen LogP contribution in [-0.4, -0.2) is 13.6 Å². The summed E-state index contributed by atoms with van der Waals surface area (Å²) in [5.74, 6) is 2.07. The largest absolute Gasteiger partial charge is 0.453 e. The summed E-state index contributed by atoms with van der Waals surface area (Å²) in [5, 5.41) is 4.12. The maximum absolute atomic E-state index is 16.8. The van der Waals surface area contributed by atoms with Gasteiger partial charge in [0.15, 0.2) is 37.3 Å². The minimum absolute atomic E-state index is 0.00589. The molecule has 0 bridgehead atoms. The van der Waals surface area contributed by atoms with E-state index in [0.717, 1.165) is 76.9 Å². The molecule has 0 saturated heterocycles. The first-order chi connectivity index (χ1) is 26.6. The summed E-state index contributed by atoms with van der Waals surface area (Å²) in [6.45, 7) is 20.2. The van der Waals surface area contributed by atoms with E-state index in [-0.39, 0.29) is 13.6 Å². The number of rotatable bonds is 7. The molecule has 286 valence electrons. The molecular formula is C48H48O6P2. The van der Waals surface area contributed by atoms with Crippen molar-refractivity contribution in [1.82, 2.24) is 0 Å². The van der Waals surface area contributed by atoms with E-state index >= 15 is 9.13 Å². The van der Waals surface area contributed by atoms with Crippen LogP contribution in [0, 0.1) is 69.2 Å². The van der Waals surface area contributed by atoms with Gasteiger partial charge in [-0.3, -0.25) is 0 Å². The molecule has 8 rings (SSSR count). The van der Waals surface area contributed by atoms with Crippen LogP contribution < -0.4 is 50.8 Å². The lowest BCUT2D eigenvalue weighted by Crippen LogP contribution is -2.29. The molecule has 6 aromatic carbocycles. The van der Waals surface area contributed by atoms with E-state index in [1.807, 2.05) is 130 Å². The van der Waals surface area contributed by atoms with Gasteiger partial charge in [-0.15, -0.1) is 0 Å². The summed E-state index contributed by atoms with van der Waals surface area (Å²) < 4.78 is 58.6. The van der Waals surface area contributed by atoms with E-state index in [1.165, 1.54) is 0 Å². The fourth-order valence-corrected chi connectivity index (χ4v) is 15.4. The Kier molecular flexibility index (Phi) is 9.38. The first-order valence-corrected chi connectivity index (χ1v) is 22.4. The lowest BCUT2D eigenvalue weighted by Gasteiger charge is -2.28. The molecule has 0 amide bonds. The Bertz CT molecular complexity index is 2530. The van der Waals surface area contributed by atoms with Crippen LogP contribution in [0.2, 0.25) is 0 Å². The van der Waals surface area contributed by atoms with Crippen LogP contribution in [0.5, 0.6) is 23.0 Å². The Morgan fingerprint density at radius 2 is 0.714 bits per heavy atom. The van der Waals surface area contributed by atoms with E-state index in [1.54, 1.807) is 0 Å². The molecule has 0 radical (unpaired) electrons. The van der Waals surface area contributed by atoms with E-state index in [0.29, 0.717) is 44.7 Å². The first-order valence-electron chi connectivity index (χ1n) is 19.0. The van der Waals surface area contributed by atoms with E-state index in [2.05, 4.69) is 24.3 Å². The Hall–Kier alpha value is -5.02. The van der Waals surface area contributed by atoms with Gasteiger partial charge in [0.25, 0.3) is 0 Å². The number of ether oxygens (including phenoxy) is 4. The molecule has 6 aromatic rings. The third-order valence-corrected chi connectivity index (χ3v) is 17.0. The molecule has 2 aliphatic heterocycles. The van der Waals surface area contributed by atoms with Crippen molar-refractivity contribution in [3.05, 3.63) is 141 Å². The van der Waals surface area contributed by atoms with Gasteiger partial charge < -0.3 is 28.1 Å². The monoisotopic (exact) mass is 782 g/mol. The van der Waals surface area contributed by atoms with Gasteiger partial charge in [-0.25, -0.2) is 0 Å². The van der Waals surface area contributed by atoms with E-state index in [9.17, 15) is 0 Å². The quantitative estimate of drug-likeness (QED) is 0.151. The number of aryl methyl sites for hydroxylation is 9. The van der Waals surface area contributed by atoms with Crippen molar-refractivity contribution >= 4 is 46.1 Å². The molecule has 56 heavy (non-hydrogen) atoms. The molecule has 2 aliphatic rings. The second kappa shape index (κ2) is 13.9. The average molecular weight is 783 g/mol. The van der Waals surface area contributed by atoms with Gasteiger partial charge in [0, 0.05) is 48.5 Å². The summed E-state index contributed by atoms with van der Waals surface area (Å²) in [6, 6.07) is 28.7. The predicted octanol–water partition coefficient (Wildman–Crippen LogP) is 9.17. The zero-order chi connectivity index (χ0) is 39.8. The van der Waals surface area contributed by atoms with Crippen molar-refractivity contribution in [2.24, 2.45) is 0 Å². The third-order valence-electron chi connectivity index (χ3n) is 10.9. The standard InChI is InChI=1S/C48H48O6P2/c1-27-11-28(2)16-37(15-27)55(49,38-17-29(3)12-30(4)18-38)42-24-41(47-46(36(42)10)52-26-53-47)44-43(23-35(9)45-48(44)54-25-51-45)56(50,39-19-31(5)13-32(6)20-39)40-21-33(7)14-34(8)22-40/h11-24H,25-26H2,1-10H3. The molecule has 2 heterocycles. The van der Waals surface area contributed by atoms with Crippen molar-refractivity contribution in [3.8, 4) is 34.1 Å². The van der Waals surface area contributed by atoms with Crippen molar-refractivity contribution < 1.29 is 28.1 Å². The van der Waals surface area contributed by atoms with Gasteiger partial charge in [0.05, 0.1) is 0 Å². The highest BCUT2D eigenvalue weighted by Crippen LogP contribution is 2.57. The number of fused-ring (bicyclic) bond motifs is 2. The molecule has 0 unspecified atom stereocenters. The zero-order valence-corrected chi connectivity index (χ0v) is 35.6. The van der Waals surface area contributed by atoms with Crippen LogP contribution in [-0.2, 0) is 9.13 Å². The summed E-state index contributed by atoms with van der Waals surface area (Å²) in [4.78, 5) is 0. The maximum atomic E-state index is 16.8. The minimum atomic E-state index is -3.68. The highest BCUT2D eigenvalue weighted by Gasteiger charge is 2.42. The fourth-order valence-electron chi connectivity index (χ4n) is 8.81. The molecule has 0 aliphatic carbocycles. The van der Waals surface area contributed by atoms with Crippen molar-refractivity contribution in [2.75, 3.05) is 13.6 Å². The summed E-state index contributed by atoms with van der Waals surface area (Å²) in [7, 11) is -7.29. The molecule has 0 saturated carbocycles. The molecule has 0 fully saturated rings. The number of hydrogen-bond donors (Lipinski definition) is 0. The molecule has 8 heteroatoms. The van der Waals surface area contributed by atoms with E-state index < -0.39 is 14.3 Å². The third kappa shape index (κ3) is 6.19. The van der Waals surface area contributed by atoms with Gasteiger partial charge in [0.1, 0.15) is 0 Å². The van der Waals surface area contributed by atoms with Gasteiger partial charge in [-0.1, -0.05) is 68.8 Å². The van der Waals surface area contributed by atoms with Crippen LogP contribution in [0.15, 0.2) is 84.9 Å². The second-order valence-corrected chi connectivity index (χ2v) is 21.4. The van der Waals surface area contributed by atoms with Crippen LogP contribution in [0.25, 0.3) is 11.1 Å². The van der Waals surface area contributed by atoms with Crippen LogP contribution in [0.3, 0.4) is 0 Å². The Labute approximate surface area is 330 Å². The van der Waals surface area contributed by atoms with Gasteiger partial charge in [-0.05, 0) is 135 Å². The maximum Gasteiger partial charge on any atom is 0.231 e. The molecule has 0 atom stereocenters. The first kappa shape index (κ1) is 37.9. The van der Waals surface area contributed by atoms with Gasteiger partial charge in [0.2, 0.25) is 13.6 Å². The van der Waals surface area contributed by atoms with E-state index in [4.69, 9.17) is 18.9 Å². The highest BCUT2D eigenvalue weighted by atomic mass is 31.2. The van der Waals surface area contributed by atoms with Gasteiger partial charge >= 0.3 is 0 Å². The SMILES string of the molecule is Cc1cc(C)cc(P(=O)(c2cc(C)cc(C)c2)c2cc(-c3c(P(=O)(c4cc(C)cc(C)c4)c4cc(C)cc(C)c4)cc(C)c4c3OCO4)c3c(c2C)OCO3)c1. The van der Waals surface area contributed by atoms with Gasteiger partial charge in [-0.2, -0.15) is 0 Å². The Morgan fingerprint density at radius 3 is 1.12 bits per heavy atom. The van der Waals surface area contributed by atoms with Crippen LogP contribution in [0.4, 0.5) is 0 Å². The average Bonchev–Trinajstić information content (AvgIpc) is 3.82. The smallest absolute Gasteiger partial charge is 0.231 e. The fraction of sp³-hybridized carbons (Fsp3) is 0.250. The summed E-state index contributed by atoms with van der Waals surface area (Å²) >= 11 is 0. The number of hydrogen-bond acceptors (Lipinski definition) is 6. The Balaban J connectivity index is 1.54.